The summed E-state index contributed by atoms with van der Waals surface area (Å²) in [7, 11) is -4.28. The molecule has 0 fully saturated rings. The predicted molar refractivity (Wildman–Crippen MR) is 97.0 cm³/mol. The minimum atomic E-state index is -5.06. The maximum Gasteiger partial charge on any atom is 0.471 e. The van der Waals surface area contributed by atoms with Gasteiger partial charge in [-0.15, -0.1) is 0 Å². The quantitative estimate of drug-likeness (QED) is 0.673. The van der Waals surface area contributed by atoms with Gasteiger partial charge in [-0.3, -0.25) is 4.79 Å². The first-order valence-corrected chi connectivity index (χ1v) is 10.5. The minimum absolute atomic E-state index is 0.0989. The van der Waals surface area contributed by atoms with Crippen LogP contribution >= 0.6 is 0 Å². The molecule has 2 aromatic carbocycles. The van der Waals surface area contributed by atoms with Crippen LogP contribution in [0.2, 0.25) is 0 Å². The fourth-order valence-corrected chi connectivity index (χ4v) is 4.23. The lowest BCUT2D eigenvalue weighted by Gasteiger charge is -2.29. The molecule has 0 aliphatic carbocycles. The molecule has 1 aliphatic rings. The zero-order chi connectivity index (χ0) is 23.9. The normalized spacial score (nSPS) is 14.9. The minimum Gasteiger partial charge on any atom is -0.330 e. The van der Waals surface area contributed by atoms with Crippen molar-refractivity contribution in [1.29, 1.82) is 0 Å². The molecule has 13 heteroatoms. The van der Waals surface area contributed by atoms with Crippen molar-refractivity contribution in [3.63, 3.8) is 0 Å². The maximum atomic E-state index is 13.9. The molecule has 5 nitrogen and oxygen atoms in total. The van der Waals surface area contributed by atoms with Gasteiger partial charge in [-0.05, 0) is 41.8 Å². The van der Waals surface area contributed by atoms with Crippen molar-refractivity contribution in [2.45, 2.75) is 36.8 Å². The van der Waals surface area contributed by atoms with Gasteiger partial charge in [-0.2, -0.15) is 26.3 Å². The topological polar surface area (TPSA) is 66.5 Å². The van der Waals surface area contributed by atoms with E-state index in [1.165, 1.54) is 12.1 Å². The summed E-state index contributed by atoms with van der Waals surface area (Å²) >= 11 is 0. The van der Waals surface area contributed by atoms with Gasteiger partial charge >= 0.3 is 18.3 Å². The van der Waals surface area contributed by atoms with E-state index in [9.17, 15) is 43.9 Å². The van der Waals surface area contributed by atoms with Gasteiger partial charge in [-0.1, -0.05) is 12.1 Å². The average molecular weight is 484 g/mol. The molecule has 3 rings (SSSR count). The van der Waals surface area contributed by atoms with Gasteiger partial charge in [0.25, 0.3) is 0 Å². The number of rotatable bonds is 4. The highest BCUT2D eigenvalue weighted by molar-refractivity contribution is 7.89. The van der Waals surface area contributed by atoms with Crippen LogP contribution in [0.5, 0.6) is 0 Å². The zero-order valence-corrected chi connectivity index (χ0v) is 16.8. The van der Waals surface area contributed by atoms with Crippen molar-refractivity contribution in [2.75, 3.05) is 6.54 Å². The molecule has 1 aliphatic heterocycles. The van der Waals surface area contributed by atoms with E-state index in [2.05, 4.69) is 0 Å². The van der Waals surface area contributed by atoms with Crippen LogP contribution in [0.1, 0.15) is 22.3 Å². The molecule has 0 saturated heterocycles. The second-order valence-electron chi connectivity index (χ2n) is 7.03. The van der Waals surface area contributed by atoms with E-state index in [0.29, 0.717) is 16.5 Å². The summed E-state index contributed by atoms with van der Waals surface area (Å²) in [5.74, 6) is -3.29. The highest BCUT2D eigenvalue weighted by Crippen LogP contribution is 2.30. The first-order chi connectivity index (χ1) is 14.7. The monoisotopic (exact) mass is 484 g/mol. The number of benzene rings is 2. The Hall–Kier alpha value is -2.67. The molecule has 0 spiro atoms. The van der Waals surface area contributed by atoms with Crippen molar-refractivity contribution in [3.8, 4) is 0 Å². The van der Waals surface area contributed by atoms with Crippen molar-refractivity contribution in [1.82, 2.24) is 9.62 Å². The van der Waals surface area contributed by atoms with Crippen LogP contribution in [-0.2, 0) is 40.5 Å². The summed E-state index contributed by atoms with van der Waals surface area (Å²) in [5.41, 5.74) is -0.780. The van der Waals surface area contributed by atoms with E-state index in [-0.39, 0.29) is 35.1 Å². The van der Waals surface area contributed by atoms with Gasteiger partial charge in [0.1, 0.15) is 5.82 Å². The molecular weight excluding hydrogens is 469 g/mol. The highest BCUT2D eigenvalue weighted by atomic mass is 32.2. The number of alkyl halides is 6. The molecule has 0 bridgehead atoms. The first kappa shape index (κ1) is 24.0. The van der Waals surface area contributed by atoms with Gasteiger partial charge in [0, 0.05) is 25.2 Å². The highest BCUT2D eigenvalue weighted by Gasteiger charge is 2.43. The number of hydrogen-bond donors (Lipinski definition) is 1. The standard InChI is InChI=1S/C19H15F7N2O3S/c20-16-8-14(18(21,22)23)3-1-12(16)9-27-32(30,31)15-4-2-11-5-6-28(10-13(11)7-15)17(29)19(24,25)26/h1-4,7-8,27H,5-6,9-10H2. The number of fused-ring (bicyclic) bond motifs is 1. The fraction of sp³-hybridized carbons (Fsp3) is 0.316. The second-order valence-corrected chi connectivity index (χ2v) is 8.80. The lowest BCUT2D eigenvalue weighted by Crippen LogP contribution is -2.43. The molecule has 0 atom stereocenters. The summed E-state index contributed by atoms with van der Waals surface area (Å²) in [6.45, 7) is -1.27. The third-order valence-electron chi connectivity index (χ3n) is 4.86. The Labute approximate surface area is 177 Å². The van der Waals surface area contributed by atoms with Crippen molar-refractivity contribution < 1.29 is 43.9 Å². The third-order valence-corrected chi connectivity index (χ3v) is 6.26. The number of carbonyl (C=O) groups is 1. The Kier molecular flexibility index (Phi) is 6.26. The second kappa shape index (κ2) is 8.35. The van der Waals surface area contributed by atoms with Gasteiger partial charge in [0.15, 0.2) is 0 Å². The average Bonchev–Trinajstić information content (AvgIpc) is 2.70. The van der Waals surface area contributed by atoms with Crippen LogP contribution in [0.15, 0.2) is 41.3 Å². The number of sulfonamides is 1. The summed E-state index contributed by atoms with van der Waals surface area (Å²) in [6.07, 6.45) is -9.72. The number of hydrogen-bond acceptors (Lipinski definition) is 3. The third kappa shape index (κ3) is 5.21. The molecule has 0 aromatic heterocycles. The Morgan fingerprint density at radius 1 is 1.00 bits per heavy atom. The number of nitrogens with zero attached hydrogens (tertiary/aromatic N) is 1. The Balaban J connectivity index is 1.77. The Bertz CT molecular complexity index is 1140. The van der Waals surface area contributed by atoms with E-state index in [0.717, 1.165) is 12.1 Å². The van der Waals surface area contributed by atoms with Crippen LogP contribution in [-0.4, -0.2) is 31.9 Å². The van der Waals surface area contributed by atoms with E-state index in [1.807, 2.05) is 4.72 Å². The Morgan fingerprint density at radius 2 is 1.69 bits per heavy atom. The molecule has 174 valence electrons. The summed E-state index contributed by atoms with van der Waals surface area (Å²) in [4.78, 5) is 11.7. The number of amides is 1. The summed E-state index contributed by atoms with van der Waals surface area (Å²) < 4.78 is 117. The molecule has 1 heterocycles. The first-order valence-electron chi connectivity index (χ1n) is 9.01. The summed E-state index contributed by atoms with van der Waals surface area (Å²) in [6, 6.07) is 5.36. The maximum absolute atomic E-state index is 13.9. The van der Waals surface area contributed by atoms with Gasteiger partial charge in [-0.25, -0.2) is 17.5 Å². The van der Waals surface area contributed by atoms with Gasteiger partial charge in [0.2, 0.25) is 10.0 Å². The summed E-state index contributed by atoms with van der Waals surface area (Å²) in [5, 5.41) is 0. The smallest absolute Gasteiger partial charge is 0.330 e. The molecule has 2 aromatic rings. The molecular formula is C19H15F7N2O3S. The van der Waals surface area contributed by atoms with Crippen LogP contribution < -0.4 is 4.72 Å². The van der Waals surface area contributed by atoms with Crippen LogP contribution in [0.4, 0.5) is 30.7 Å². The van der Waals surface area contributed by atoms with E-state index in [1.54, 1.807) is 0 Å². The van der Waals surface area contributed by atoms with Crippen molar-refractivity contribution in [3.05, 3.63) is 64.5 Å². The molecule has 32 heavy (non-hydrogen) atoms. The molecule has 0 unspecified atom stereocenters. The van der Waals surface area contributed by atoms with E-state index >= 15 is 0 Å². The molecule has 1 amide bonds. The molecule has 1 N–H and O–H groups in total. The van der Waals surface area contributed by atoms with Gasteiger partial charge < -0.3 is 4.90 Å². The Morgan fingerprint density at radius 3 is 2.28 bits per heavy atom. The number of halogens is 7. The van der Waals surface area contributed by atoms with Crippen LogP contribution in [0.25, 0.3) is 0 Å². The van der Waals surface area contributed by atoms with Crippen LogP contribution in [0, 0.1) is 5.82 Å². The zero-order valence-electron chi connectivity index (χ0n) is 16.0. The molecule has 0 radical (unpaired) electrons. The van der Waals surface area contributed by atoms with E-state index < -0.39 is 52.8 Å². The van der Waals surface area contributed by atoms with Crippen molar-refractivity contribution >= 4 is 15.9 Å². The fourth-order valence-electron chi connectivity index (χ4n) is 3.18. The number of nitrogens with one attached hydrogen (secondary N) is 1. The SMILES string of the molecule is O=C(N1CCc2ccc(S(=O)(=O)NCc3ccc(C(F)(F)F)cc3F)cc2C1)C(F)(F)F. The lowest BCUT2D eigenvalue weighted by atomic mass is 10.00. The van der Waals surface area contributed by atoms with E-state index in [4.69, 9.17) is 0 Å². The lowest BCUT2D eigenvalue weighted by molar-refractivity contribution is -0.186. The largest absolute Gasteiger partial charge is 0.471 e. The molecule has 0 saturated carbocycles. The number of carbonyl (C=O) groups excluding carboxylic acids is 1. The van der Waals surface area contributed by atoms with Gasteiger partial charge in [0.05, 0.1) is 10.5 Å². The van der Waals surface area contributed by atoms with Crippen LogP contribution in [0.3, 0.4) is 0 Å². The van der Waals surface area contributed by atoms with Crippen molar-refractivity contribution in [2.24, 2.45) is 0 Å². The predicted octanol–water partition coefficient (Wildman–Crippen LogP) is 3.77.